The highest BCUT2D eigenvalue weighted by Crippen LogP contribution is 2.17. The summed E-state index contributed by atoms with van der Waals surface area (Å²) in [5, 5.41) is 6.70. The first-order chi connectivity index (χ1) is 12.6. The number of rotatable bonds is 6. The lowest BCUT2D eigenvalue weighted by Gasteiger charge is -2.36. The number of halogens is 1. The number of nitrogens with one attached hydrogen (secondary N) is 1. The van der Waals surface area contributed by atoms with Crippen molar-refractivity contribution in [1.82, 2.24) is 20.0 Å². The highest BCUT2D eigenvalue weighted by molar-refractivity contribution is 5.79. The molecule has 2 amide bonds. The highest BCUT2D eigenvalue weighted by atomic mass is 19.1. The predicted octanol–water partition coefficient (Wildman–Crippen LogP) is 0.877. The van der Waals surface area contributed by atoms with Crippen LogP contribution >= 0.6 is 0 Å². The number of hydrogen-bond acceptors (Lipinski definition) is 4. The summed E-state index contributed by atoms with van der Waals surface area (Å²) >= 11 is 0. The van der Waals surface area contributed by atoms with Crippen LogP contribution in [0.2, 0.25) is 0 Å². The number of carbonyl (C=O) groups excluding carboxylic acids is 2. The van der Waals surface area contributed by atoms with Gasteiger partial charge in [-0.1, -0.05) is 0 Å². The first-order valence-corrected chi connectivity index (χ1v) is 8.64. The maximum atomic E-state index is 13.0. The number of aromatic nitrogens is 2. The SMILES string of the molecule is O=C(Cn1cccn1)NCCC(=O)N1CCN(c2ccc(F)cc2)CC1. The molecule has 1 aliphatic rings. The zero-order chi connectivity index (χ0) is 18.4. The minimum atomic E-state index is -0.253. The summed E-state index contributed by atoms with van der Waals surface area (Å²) in [6.45, 7) is 3.13. The Morgan fingerprint density at radius 3 is 2.50 bits per heavy atom. The van der Waals surface area contributed by atoms with Crippen molar-refractivity contribution in [1.29, 1.82) is 0 Å². The van der Waals surface area contributed by atoms with Crippen LogP contribution in [0.15, 0.2) is 42.7 Å². The molecule has 0 aliphatic carbocycles. The Balaban J connectivity index is 1.37. The summed E-state index contributed by atoms with van der Waals surface area (Å²) in [6.07, 6.45) is 3.61. The fraction of sp³-hybridized carbons (Fsp3) is 0.389. The Bertz CT molecular complexity index is 725. The zero-order valence-corrected chi connectivity index (χ0v) is 14.5. The Morgan fingerprint density at radius 2 is 1.85 bits per heavy atom. The first-order valence-electron chi connectivity index (χ1n) is 8.64. The van der Waals surface area contributed by atoms with Gasteiger partial charge in [0.1, 0.15) is 12.4 Å². The van der Waals surface area contributed by atoms with Crippen LogP contribution in [0.3, 0.4) is 0 Å². The van der Waals surface area contributed by atoms with Crippen LogP contribution in [0.25, 0.3) is 0 Å². The maximum Gasteiger partial charge on any atom is 0.241 e. The van der Waals surface area contributed by atoms with Crippen molar-refractivity contribution in [3.05, 3.63) is 48.5 Å². The molecule has 0 spiro atoms. The molecule has 1 fully saturated rings. The van der Waals surface area contributed by atoms with Crippen molar-refractivity contribution in [2.75, 3.05) is 37.6 Å². The third-order valence-corrected chi connectivity index (χ3v) is 4.35. The molecule has 26 heavy (non-hydrogen) atoms. The minimum absolute atomic E-state index is 0.0307. The Morgan fingerprint density at radius 1 is 1.12 bits per heavy atom. The zero-order valence-electron chi connectivity index (χ0n) is 14.5. The van der Waals surface area contributed by atoms with Crippen LogP contribution in [-0.2, 0) is 16.1 Å². The number of benzene rings is 1. The van der Waals surface area contributed by atoms with Gasteiger partial charge in [0.15, 0.2) is 0 Å². The van der Waals surface area contributed by atoms with Gasteiger partial charge in [-0.15, -0.1) is 0 Å². The molecule has 8 heteroatoms. The topological polar surface area (TPSA) is 70.5 Å². The number of hydrogen-bond donors (Lipinski definition) is 1. The molecule has 1 aliphatic heterocycles. The molecule has 1 aromatic heterocycles. The van der Waals surface area contributed by atoms with Crippen molar-refractivity contribution >= 4 is 17.5 Å². The van der Waals surface area contributed by atoms with Gasteiger partial charge >= 0.3 is 0 Å². The van der Waals surface area contributed by atoms with Gasteiger partial charge < -0.3 is 15.1 Å². The van der Waals surface area contributed by atoms with Crippen LogP contribution in [0.5, 0.6) is 0 Å². The van der Waals surface area contributed by atoms with Gasteiger partial charge in [0.05, 0.1) is 0 Å². The largest absolute Gasteiger partial charge is 0.368 e. The first kappa shape index (κ1) is 17.9. The third-order valence-electron chi connectivity index (χ3n) is 4.35. The summed E-state index contributed by atoms with van der Waals surface area (Å²) < 4.78 is 14.5. The molecule has 2 heterocycles. The lowest BCUT2D eigenvalue weighted by atomic mass is 10.2. The van der Waals surface area contributed by atoms with Gasteiger partial charge in [-0.25, -0.2) is 4.39 Å². The summed E-state index contributed by atoms with van der Waals surface area (Å²) in [5.41, 5.74) is 0.962. The molecule has 0 atom stereocenters. The average Bonchev–Trinajstić information content (AvgIpc) is 3.15. The van der Waals surface area contributed by atoms with E-state index in [0.29, 0.717) is 32.7 Å². The van der Waals surface area contributed by atoms with Gasteiger partial charge in [-0.2, -0.15) is 5.10 Å². The van der Waals surface area contributed by atoms with Gasteiger partial charge in [0.2, 0.25) is 11.8 Å². The quantitative estimate of drug-likeness (QED) is 0.831. The molecule has 0 unspecified atom stereocenters. The van der Waals surface area contributed by atoms with Gasteiger partial charge in [0, 0.05) is 57.2 Å². The van der Waals surface area contributed by atoms with E-state index in [1.54, 1.807) is 35.5 Å². The fourth-order valence-corrected chi connectivity index (χ4v) is 2.93. The molecule has 1 aromatic carbocycles. The van der Waals surface area contributed by atoms with Crippen LogP contribution in [-0.4, -0.2) is 59.2 Å². The van der Waals surface area contributed by atoms with Gasteiger partial charge in [-0.3, -0.25) is 14.3 Å². The molecule has 2 aromatic rings. The molecule has 0 bridgehead atoms. The van der Waals surface area contributed by atoms with Crippen molar-refractivity contribution in [2.45, 2.75) is 13.0 Å². The summed E-state index contributed by atoms with van der Waals surface area (Å²) in [4.78, 5) is 28.0. The Labute approximate surface area is 151 Å². The van der Waals surface area contributed by atoms with Gasteiger partial charge in [-0.05, 0) is 30.3 Å². The number of anilines is 1. The maximum absolute atomic E-state index is 13.0. The Kier molecular flexibility index (Phi) is 5.83. The van der Waals surface area contributed by atoms with E-state index < -0.39 is 0 Å². The van der Waals surface area contributed by atoms with E-state index in [2.05, 4.69) is 15.3 Å². The summed E-state index contributed by atoms with van der Waals surface area (Å²) in [7, 11) is 0. The third kappa shape index (κ3) is 4.81. The molecule has 7 nitrogen and oxygen atoms in total. The average molecular weight is 359 g/mol. The second kappa shape index (κ2) is 8.46. The van der Waals surface area contributed by atoms with Crippen molar-refractivity contribution in [3.8, 4) is 0 Å². The van der Waals surface area contributed by atoms with E-state index in [1.165, 1.54) is 16.8 Å². The molecule has 3 rings (SSSR count). The van der Waals surface area contributed by atoms with Crippen LogP contribution in [0.4, 0.5) is 10.1 Å². The highest BCUT2D eigenvalue weighted by Gasteiger charge is 2.21. The van der Waals surface area contributed by atoms with Crippen molar-refractivity contribution in [2.24, 2.45) is 0 Å². The molecule has 0 radical (unpaired) electrons. The van der Waals surface area contributed by atoms with E-state index >= 15 is 0 Å². The van der Waals surface area contributed by atoms with Crippen LogP contribution < -0.4 is 10.2 Å². The minimum Gasteiger partial charge on any atom is -0.368 e. The Hall–Kier alpha value is -2.90. The van der Waals surface area contributed by atoms with Gasteiger partial charge in [0.25, 0.3) is 0 Å². The second-order valence-corrected chi connectivity index (χ2v) is 6.15. The predicted molar refractivity (Wildman–Crippen MR) is 95.0 cm³/mol. The smallest absolute Gasteiger partial charge is 0.241 e. The van der Waals surface area contributed by atoms with E-state index in [1.807, 2.05) is 0 Å². The number of nitrogens with zero attached hydrogens (tertiary/aromatic N) is 4. The van der Waals surface area contributed by atoms with Crippen molar-refractivity contribution < 1.29 is 14.0 Å². The second-order valence-electron chi connectivity index (χ2n) is 6.15. The summed E-state index contributed by atoms with van der Waals surface area (Å²) in [6, 6.07) is 8.14. The summed E-state index contributed by atoms with van der Waals surface area (Å²) in [5.74, 6) is -0.386. The van der Waals surface area contributed by atoms with E-state index in [-0.39, 0.29) is 30.6 Å². The molecule has 0 saturated carbocycles. The number of amides is 2. The number of carbonyl (C=O) groups is 2. The van der Waals surface area contributed by atoms with Crippen LogP contribution in [0.1, 0.15) is 6.42 Å². The van der Waals surface area contributed by atoms with Crippen molar-refractivity contribution in [3.63, 3.8) is 0 Å². The molecule has 1 saturated heterocycles. The molecular formula is C18H22FN5O2. The lowest BCUT2D eigenvalue weighted by Crippen LogP contribution is -2.49. The van der Waals surface area contributed by atoms with E-state index in [4.69, 9.17) is 0 Å². The fourth-order valence-electron chi connectivity index (χ4n) is 2.93. The van der Waals surface area contributed by atoms with E-state index in [0.717, 1.165) is 5.69 Å². The van der Waals surface area contributed by atoms with E-state index in [9.17, 15) is 14.0 Å². The standard InChI is InChI=1S/C18H22FN5O2/c19-15-2-4-16(5-3-15)22-10-12-23(13-11-22)18(26)6-8-20-17(25)14-24-9-1-7-21-24/h1-5,7,9H,6,8,10-14H2,(H,20,25). The molecule has 1 N–H and O–H groups in total. The monoisotopic (exact) mass is 359 g/mol. The number of piperazine rings is 1. The molecular weight excluding hydrogens is 337 g/mol. The lowest BCUT2D eigenvalue weighted by molar-refractivity contribution is -0.131. The normalized spacial score (nSPS) is 14.3. The molecule has 138 valence electrons. The van der Waals surface area contributed by atoms with Crippen LogP contribution in [0, 0.1) is 5.82 Å².